The van der Waals surface area contributed by atoms with Gasteiger partial charge in [0.15, 0.2) is 5.69 Å². The Morgan fingerprint density at radius 3 is 2.83 bits per heavy atom. The first-order valence-corrected chi connectivity index (χ1v) is 6.26. The van der Waals surface area contributed by atoms with E-state index in [0.29, 0.717) is 5.82 Å². The minimum atomic E-state index is -1.08. The van der Waals surface area contributed by atoms with Crippen molar-refractivity contribution in [1.29, 1.82) is 0 Å². The second kappa shape index (κ2) is 5.14. The Labute approximate surface area is 109 Å². The Kier molecular flexibility index (Phi) is 3.57. The number of carboxylic acids is 1. The lowest BCUT2D eigenvalue weighted by Crippen LogP contribution is -2.09. The summed E-state index contributed by atoms with van der Waals surface area (Å²) in [6.45, 7) is 4.05. The molecule has 0 amide bonds. The predicted octanol–water partition coefficient (Wildman–Crippen LogP) is 2.72. The summed E-state index contributed by atoms with van der Waals surface area (Å²) in [6, 6.07) is 4.17. The first-order chi connectivity index (χ1) is 8.56. The van der Waals surface area contributed by atoms with E-state index in [9.17, 15) is 4.79 Å². The van der Waals surface area contributed by atoms with E-state index in [4.69, 9.17) is 5.11 Å². The van der Waals surface area contributed by atoms with E-state index in [-0.39, 0.29) is 11.7 Å². The predicted molar refractivity (Wildman–Crippen MR) is 70.1 cm³/mol. The molecule has 18 heavy (non-hydrogen) atoms. The number of hydrogen-bond donors (Lipinski definition) is 2. The summed E-state index contributed by atoms with van der Waals surface area (Å²) in [7, 11) is 0. The number of anilines is 1. The summed E-state index contributed by atoms with van der Waals surface area (Å²) >= 11 is 1.70. The maximum absolute atomic E-state index is 10.8. The number of nitrogens with zero attached hydrogens (tertiary/aromatic N) is 2. The van der Waals surface area contributed by atoms with Gasteiger partial charge in [-0.3, -0.25) is 4.98 Å². The van der Waals surface area contributed by atoms with E-state index < -0.39 is 5.97 Å². The number of aromatic nitrogens is 2. The van der Waals surface area contributed by atoms with Gasteiger partial charge < -0.3 is 10.4 Å². The van der Waals surface area contributed by atoms with E-state index in [1.54, 1.807) is 11.3 Å². The van der Waals surface area contributed by atoms with Crippen LogP contribution < -0.4 is 5.32 Å². The van der Waals surface area contributed by atoms with Crippen molar-refractivity contribution in [1.82, 2.24) is 9.97 Å². The standard InChI is InChI=1S/C12H13N3O2S/c1-7-3-4-10(18-7)8(2)14-11-6-13-5-9(15-11)12(16)17/h3-6,8H,1-2H3,(H,14,15)(H,16,17). The number of nitrogens with one attached hydrogen (secondary N) is 1. The fourth-order valence-electron chi connectivity index (χ4n) is 1.52. The van der Waals surface area contributed by atoms with Crippen molar-refractivity contribution in [2.24, 2.45) is 0 Å². The highest BCUT2D eigenvalue weighted by molar-refractivity contribution is 7.12. The Bertz CT molecular complexity index is 568. The Morgan fingerprint density at radius 1 is 1.44 bits per heavy atom. The van der Waals surface area contributed by atoms with Gasteiger partial charge in [0.05, 0.1) is 18.4 Å². The van der Waals surface area contributed by atoms with Crippen LogP contribution in [0.2, 0.25) is 0 Å². The van der Waals surface area contributed by atoms with Crippen LogP contribution in [0.5, 0.6) is 0 Å². The smallest absolute Gasteiger partial charge is 0.356 e. The van der Waals surface area contributed by atoms with Crippen molar-refractivity contribution < 1.29 is 9.90 Å². The summed E-state index contributed by atoms with van der Waals surface area (Å²) in [5.41, 5.74) is -0.0606. The molecule has 0 bridgehead atoms. The molecule has 0 saturated heterocycles. The number of aryl methyl sites for hydroxylation is 1. The molecular weight excluding hydrogens is 250 g/mol. The maximum atomic E-state index is 10.8. The van der Waals surface area contributed by atoms with Crippen LogP contribution in [0.25, 0.3) is 0 Å². The monoisotopic (exact) mass is 263 g/mol. The van der Waals surface area contributed by atoms with Crippen LogP contribution in [0.15, 0.2) is 24.5 Å². The van der Waals surface area contributed by atoms with Crippen LogP contribution in [0.1, 0.15) is 33.2 Å². The molecule has 0 fully saturated rings. The number of carbonyl (C=O) groups is 1. The van der Waals surface area contributed by atoms with Crippen molar-refractivity contribution in [2.75, 3.05) is 5.32 Å². The molecule has 0 saturated carbocycles. The van der Waals surface area contributed by atoms with Gasteiger partial charge in [-0.1, -0.05) is 0 Å². The number of rotatable bonds is 4. The summed E-state index contributed by atoms with van der Waals surface area (Å²) in [4.78, 5) is 21.0. The van der Waals surface area contributed by atoms with E-state index >= 15 is 0 Å². The van der Waals surface area contributed by atoms with Crippen LogP contribution in [-0.2, 0) is 0 Å². The minimum Gasteiger partial charge on any atom is -0.476 e. The average molecular weight is 263 g/mol. The van der Waals surface area contributed by atoms with Crippen LogP contribution >= 0.6 is 11.3 Å². The zero-order chi connectivity index (χ0) is 13.1. The van der Waals surface area contributed by atoms with E-state index in [2.05, 4.69) is 21.4 Å². The van der Waals surface area contributed by atoms with Crippen molar-refractivity contribution >= 4 is 23.1 Å². The molecule has 0 aliphatic rings. The van der Waals surface area contributed by atoms with Crippen molar-refractivity contribution in [3.8, 4) is 0 Å². The van der Waals surface area contributed by atoms with E-state index in [1.807, 2.05) is 19.9 Å². The third-order valence-corrected chi connectivity index (χ3v) is 3.59. The molecule has 2 aromatic heterocycles. The zero-order valence-electron chi connectivity index (χ0n) is 10.0. The summed E-state index contributed by atoms with van der Waals surface area (Å²) in [6.07, 6.45) is 2.75. The van der Waals surface area contributed by atoms with Gasteiger partial charge >= 0.3 is 5.97 Å². The fraction of sp³-hybridized carbons (Fsp3) is 0.250. The first kappa shape index (κ1) is 12.5. The highest BCUT2D eigenvalue weighted by Crippen LogP contribution is 2.24. The second-order valence-corrected chi connectivity index (χ2v) is 5.23. The number of thiophene rings is 1. The molecular formula is C12H13N3O2S. The lowest BCUT2D eigenvalue weighted by Gasteiger charge is -2.12. The molecule has 6 heteroatoms. The quantitative estimate of drug-likeness (QED) is 0.887. The van der Waals surface area contributed by atoms with Gasteiger partial charge in [0.25, 0.3) is 0 Å². The Hall–Kier alpha value is -1.95. The molecule has 0 aliphatic heterocycles. The zero-order valence-corrected chi connectivity index (χ0v) is 10.9. The van der Waals surface area contributed by atoms with Crippen LogP contribution in [0.3, 0.4) is 0 Å². The largest absolute Gasteiger partial charge is 0.476 e. The first-order valence-electron chi connectivity index (χ1n) is 5.44. The maximum Gasteiger partial charge on any atom is 0.356 e. The van der Waals surface area contributed by atoms with Gasteiger partial charge in [0.2, 0.25) is 0 Å². The number of aromatic carboxylic acids is 1. The van der Waals surface area contributed by atoms with Gasteiger partial charge in [0.1, 0.15) is 5.82 Å². The average Bonchev–Trinajstić information content (AvgIpc) is 2.76. The minimum absolute atomic E-state index is 0.0606. The second-order valence-electron chi connectivity index (χ2n) is 3.91. The van der Waals surface area contributed by atoms with Crippen molar-refractivity contribution in [3.05, 3.63) is 40.0 Å². The molecule has 0 aliphatic carbocycles. The molecule has 2 aromatic rings. The van der Waals surface area contributed by atoms with Crippen molar-refractivity contribution in [2.45, 2.75) is 19.9 Å². The highest BCUT2D eigenvalue weighted by atomic mass is 32.1. The molecule has 1 unspecified atom stereocenters. The fourth-order valence-corrected chi connectivity index (χ4v) is 2.40. The summed E-state index contributed by atoms with van der Waals surface area (Å²) < 4.78 is 0. The molecule has 5 nitrogen and oxygen atoms in total. The van der Waals surface area contributed by atoms with Crippen LogP contribution in [-0.4, -0.2) is 21.0 Å². The molecule has 94 valence electrons. The topological polar surface area (TPSA) is 75.1 Å². The highest BCUT2D eigenvalue weighted by Gasteiger charge is 2.10. The van der Waals surface area contributed by atoms with Crippen LogP contribution in [0, 0.1) is 6.92 Å². The summed E-state index contributed by atoms with van der Waals surface area (Å²) in [5.74, 6) is -0.612. The van der Waals surface area contributed by atoms with Gasteiger partial charge in [-0.05, 0) is 26.0 Å². The van der Waals surface area contributed by atoms with Gasteiger partial charge in [0, 0.05) is 9.75 Å². The van der Waals surface area contributed by atoms with Gasteiger partial charge in [-0.25, -0.2) is 9.78 Å². The SMILES string of the molecule is Cc1ccc(C(C)Nc2cncc(C(=O)O)n2)s1. The lowest BCUT2D eigenvalue weighted by molar-refractivity contribution is 0.0690. The van der Waals surface area contributed by atoms with Crippen molar-refractivity contribution in [3.63, 3.8) is 0 Å². The number of carboxylic acid groups (broad SMARTS) is 1. The molecule has 1 atom stereocenters. The molecule has 0 aromatic carbocycles. The van der Waals surface area contributed by atoms with E-state index in [1.165, 1.54) is 22.1 Å². The molecule has 0 spiro atoms. The molecule has 0 radical (unpaired) electrons. The number of hydrogen-bond acceptors (Lipinski definition) is 5. The van der Waals surface area contributed by atoms with Gasteiger partial charge in [-0.15, -0.1) is 11.3 Å². The van der Waals surface area contributed by atoms with Gasteiger partial charge in [-0.2, -0.15) is 0 Å². The van der Waals surface area contributed by atoms with E-state index in [0.717, 1.165) is 0 Å². The molecule has 2 rings (SSSR count). The molecule has 2 N–H and O–H groups in total. The Balaban J connectivity index is 2.14. The third-order valence-electron chi connectivity index (χ3n) is 2.41. The van der Waals surface area contributed by atoms with Crippen LogP contribution in [0.4, 0.5) is 5.82 Å². The third kappa shape index (κ3) is 2.84. The Morgan fingerprint density at radius 2 is 2.22 bits per heavy atom. The lowest BCUT2D eigenvalue weighted by atomic mass is 10.3. The normalized spacial score (nSPS) is 12.1. The molecule has 2 heterocycles. The summed E-state index contributed by atoms with van der Waals surface area (Å²) in [5, 5.41) is 12.0.